The molecule has 1 aliphatic rings. The molecule has 6 nitrogen and oxygen atoms in total. The fraction of sp³-hybridized carbons (Fsp3) is 0.435. The van der Waals surface area contributed by atoms with E-state index in [1.165, 1.54) is 5.56 Å². The molecule has 1 aromatic heterocycles. The molecule has 0 radical (unpaired) electrons. The number of aromatic nitrogens is 1. The fourth-order valence-corrected chi connectivity index (χ4v) is 3.63. The summed E-state index contributed by atoms with van der Waals surface area (Å²) in [6, 6.07) is 11.2. The molecule has 1 fully saturated rings. The number of rotatable bonds is 5. The highest BCUT2D eigenvalue weighted by molar-refractivity contribution is 5.95. The van der Waals surface area contributed by atoms with E-state index in [1.807, 2.05) is 41.3 Å². The van der Waals surface area contributed by atoms with Gasteiger partial charge in [0.15, 0.2) is 0 Å². The Morgan fingerprint density at radius 1 is 1.10 bits per heavy atom. The van der Waals surface area contributed by atoms with Gasteiger partial charge in [-0.1, -0.05) is 19.1 Å². The van der Waals surface area contributed by atoms with Crippen LogP contribution >= 0.6 is 0 Å². The summed E-state index contributed by atoms with van der Waals surface area (Å²) in [6.07, 6.45) is 4.33. The van der Waals surface area contributed by atoms with Crippen molar-refractivity contribution in [3.05, 3.63) is 65.5 Å². The molecule has 0 aliphatic carbocycles. The molecule has 1 N–H and O–H groups in total. The summed E-state index contributed by atoms with van der Waals surface area (Å²) >= 11 is 0. The van der Waals surface area contributed by atoms with Crippen molar-refractivity contribution in [2.24, 2.45) is 5.41 Å². The van der Waals surface area contributed by atoms with Crippen molar-refractivity contribution in [2.45, 2.75) is 33.2 Å². The Morgan fingerprint density at radius 2 is 1.76 bits per heavy atom. The zero-order chi connectivity index (χ0) is 21.0. The molecule has 3 rings (SSSR count). The molecule has 1 saturated heterocycles. The van der Waals surface area contributed by atoms with Gasteiger partial charge in [-0.15, -0.1) is 0 Å². The van der Waals surface area contributed by atoms with Crippen LogP contribution in [0.4, 0.5) is 0 Å². The van der Waals surface area contributed by atoms with Crippen LogP contribution < -0.4 is 0 Å². The van der Waals surface area contributed by atoms with E-state index in [9.17, 15) is 14.7 Å². The van der Waals surface area contributed by atoms with Gasteiger partial charge in [0.05, 0.1) is 18.1 Å². The monoisotopic (exact) mass is 395 g/mol. The molecule has 2 amide bonds. The first-order chi connectivity index (χ1) is 13.9. The van der Waals surface area contributed by atoms with Crippen molar-refractivity contribution in [1.29, 1.82) is 0 Å². The van der Waals surface area contributed by atoms with Gasteiger partial charge in [0.2, 0.25) is 5.91 Å². The molecular formula is C23H29N3O3. The van der Waals surface area contributed by atoms with Crippen molar-refractivity contribution in [2.75, 3.05) is 26.2 Å². The van der Waals surface area contributed by atoms with Gasteiger partial charge < -0.3 is 14.9 Å². The molecule has 0 spiro atoms. The van der Waals surface area contributed by atoms with Gasteiger partial charge in [0, 0.05) is 37.6 Å². The van der Waals surface area contributed by atoms with Crippen LogP contribution in [-0.2, 0) is 11.2 Å². The Balaban J connectivity index is 1.88. The highest BCUT2D eigenvalue weighted by Gasteiger charge is 2.38. The van der Waals surface area contributed by atoms with Crippen molar-refractivity contribution >= 4 is 11.8 Å². The van der Waals surface area contributed by atoms with Crippen molar-refractivity contribution < 1.29 is 14.7 Å². The Labute approximate surface area is 172 Å². The third-order valence-corrected chi connectivity index (χ3v) is 5.60. The van der Waals surface area contributed by atoms with E-state index in [0.717, 1.165) is 12.0 Å². The van der Waals surface area contributed by atoms with E-state index in [1.54, 1.807) is 31.1 Å². The first-order valence-electron chi connectivity index (χ1n) is 10.1. The van der Waals surface area contributed by atoms with E-state index in [2.05, 4.69) is 11.9 Å². The summed E-state index contributed by atoms with van der Waals surface area (Å²) in [5.41, 5.74) is 1.94. The summed E-state index contributed by atoms with van der Waals surface area (Å²) in [5.74, 6) is -0.138. The van der Waals surface area contributed by atoms with E-state index >= 15 is 0 Å². The van der Waals surface area contributed by atoms with Crippen LogP contribution in [0.25, 0.3) is 0 Å². The average molecular weight is 396 g/mol. The van der Waals surface area contributed by atoms with Gasteiger partial charge >= 0.3 is 0 Å². The molecule has 1 atom stereocenters. The number of carbonyl (C=O) groups is 2. The maximum absolute atomic E-state index is 13.3. The lowest BCUT2D eigenvalue weighted by Crippen LogP contribution is -2.55. The Hall–Kier alpha value is -2.73. The number of nitrogens with zero attached hydrogens (tertiary/aromatic N) is 3. The van der Waals surface area contributed by atoms with Crippen LogP contribution in [0.2, 0.25) is 0 Å². The topological polar surface area (TPSA) is 73.7 Å². The van der Waals surface area contributed by atoms with Gasteiger partial charge in [-0.3, -0.25) is 14.6 Å². The number of aliphatic hydroxyl groups excluding tert-OH is 1. The summed E-state index contributed by atoms with van der Waals surface area (Å²) < 4.78 is 0. The summed E-state index contributed by atoms with van der Waals surface area (Å²) in [4.78, 5) is 33.8. The Kier molecular flexibility index (Phi) is 6.33. The first-order valence-corrected chi connectivity index (χ1v) is 10.1. The minimum absolute atomic E-state index is 0.0389. The number of benzene rings is 1. The molecule has 2 heterocycles. The smallest absolute Gasteiger partial charge is 0.254 e. The molecule has 1 aromatic carbocycles. The number of pyridine rings is 1. The van der Waals surface area contributed by atoms with E-state index in [4.69, 9.17) is 0 Å². The second-order valence-electron chi connectivity index (χ2n) is 8.14. The van der Waals surface area contributed by atoms with Crippen LogP contribution in [0.15, 0.2) is 48.8 Å². The molecule has 29 heavy (non-hydrogen) atoms. The summed E-state index contributed by atoms with van der Waals surface area (Å²) in [7, 11) is 0. The molecule has 1 aliphatic heterocycles. The number of carbonyl (C=O) groups excluding carboxylic acids is 2. The zero-order valence-corrected chi connectivity index (χ0v) is 17.3. The summed E-state index contributed by atoms with van der Waals surface area (Å²) in [5, 5.41) is 9.59. The van der Waals surface area contributed by atoms with Crippen LogP contribution in [0.5, 0.6) is 0 Å². The lowest BCUT2D eigenvalue weighted by molar-refractivity contribution is -0.145. The molecule has 0 bridgehead atoms. The molecule has 2 aromatic rings. The first kappa shape index (κ1) is 21.0. The Bertz CT molecular complexity index is 849. The molecular weight excluding hydrogens is 366 g/mol. The molecule has 154 valence electrons. The van der Waals surface area contributed by atoms with Gasteiger partial charge in [-0.2, -0.15) is 0 Å². The highest BCUT2D eigenvalue weighted by atomic mass is 16.3. The lowest BCUT2D eigenvalue weighted by Gasteiger charge is -2.43. The van der Waals surface area contributed by atoms with Crippen LogP contribution in [-0.4, -0.2) is 57.9 Å². The van der Waals surface area contributed by atoms with Crippen LogP contribution in [0.3, 0.4) is 0 Å². The fourth-order valence-electron chi connectivity index (χ4n) is 3.63. The largest absolute Gasteiger partial charge is 0.395 e. The minimum Gasteiger partial charge on any atom is -0.395 e. The predicted molar refractivity (Wildman–Crippen MR) is 111 cm³/mol. The maximum atomic E-state index is 13.3. The van der Waals surface area contributed by atoms with Crippen LogP contribution in [0, 0.1) is 5.41 Å². The van der Waals surface area contributed by atoms with Crippen molar-refractivity contribution in [3.8, 4) is 0 Å². The van der Waals surface area contributed by atoms with Gasteiger partial charge in [-0.25, -0.2) is 0 Å². The standard InChI is InChI=1S/C23H29N3O3/c1-4-17-5-7-19(8-6-17)21(28)26-14-13-25(22(29)23(2,3)16-27)15-20(26)18-9-11-24-12-10-18/h5-12,20,27H,4,13-16H2,1-3H3. The lowest BCUT2D eigenvalue weighted by atomic mass is 9.91. The molecule has 6 heteroatoms. The highest BCUT2D eigenvalue weighted by Crippen LogP contribution is 2.29. The van der Waals surface area contributed by atoms with Gasteiger partial charge in [0.25, 0.3) is 5.91 Å². The second kappa shape index (κ2) is 8.74. The summed E-state index contributed by atoms with van der Waals surface area (Å²) in [6.45, 7) is 6.63. The van der Waals surface area contributed by atoms with Crippen molar-refractivity contribution in [1.82, 2.24) is 14.8 Å². The maximum Gasteiger partial charge on any atom is 0.254 e. The van der Waals surface area contributed by atoms with E-state index < -0.39 is 5.41 Å². The predicted octanol–water partition coefficient (Wildman–Crippen LogP) is 2.69. The number of piperazine rings is 1. The van der Waals surface area contributed by atoms with Gasteiger partial charge in [-0.05, 0) is 55.7 Å². The number of aliphatic hydroxyl groups is 1. The minimum atomic E-state index is -0.842. The second-order valence-corrected chi connectivity index (χ2v) is 8.14. The molecule has 0 saturated carbocycles. The SMILES string of the molecule is CCc1ccc(C(=O)N2CCN(C(=O)C(C)(C)CO)CC2c2ccncc2)cc1. The normalized spacial score (nSPS) is 17.3. The number of hydrogen-bond donors (Lipinski definition) is 1. The zero-order valence-electron chi connectivity index (χ0n) is 17.3. The van der Waals surface area contributed by atoms with E-state index in [-0.39, 0.29) is 24.5 Å². The quantitative estimate of drug-likeness (QED) is 0.845. The molecule has 1 unspecified atom stereocenters. The van der Waals surface area contributed by atoms with Gasteiger partial charge in [0.1, 0.15) is 0 Å². The number of amides is 2. The Morgan fingerprint density at radius 3 is 2.34 bits per heavy atom. The number of aryl methyl sites for hydroxylation is 1. The van der Waals surface area contributed by atoms with Crippen LogP contribution in [0.1, 0.15) is 48.3 Å². The average Bonchev–Trinajstić information content (AvgIpc) is 2.78. The third-order valence-electron chi connectivity index (χ3n) is 5.60. The van der Waals surface area contributed by atoms with E-state index in [0.29, 0.717) is 25.2 Å². The number of hydrogen-bond acceptors (Lipinski definition) is 4. The van der Waals surface area contributed by atoms with Crippen molar-refractivity contribution in [3.63, 3.8) is 0 Å². The third kappa shape index (κ3) is 4.48.